The van der Waals surface area contributed by atoms with Crippen LogP contribution in [0.5, 0.6) is 0 Å². The van der Waals surface area contributed by atoms with Crippen LogP contribution in [0, 0.1) is 58.2 Å². The Kier molecular flexibility index (Phi) is 7.63. The quantitative estimate of drug-likeness (QED) is 0.357. The maximum Gasteiger partial charge on any atom is 0.302 e. The SMILES string of the molecule is CC[C@H](CC[C@@H](C)[C@H]1CCC2[C@@H]3CC[C@@H]4C[C@@H](OC(C)=O)CC[C@]4(C)C3CC[C@@]21C)C(C)C. The molecule has 0 aromatic heterocycles. The first-order valence-electron chi connectivity index (χ1n) is 14.8. The predicted molar refractivity (Wildman–Crippen MR) is 138 cm³/mol. The lowest BCUT2D eigenvalue weighted by Gasteiger charge is -2.61. The number of rotatable bonds is 7. The van der Waals surface area contributed by atoms with E-state index in [1.807, 2.05) is 0 Å². The van der Waals surface area contributed by atoms with Crippen molar-refractivity contribution < 1.29 is 9.53 Å². The van der Waals surface area contributed by atoms with Gasteiger partial charge in [0.25, 0.3) is 0 Å². The van der Waals surface area contributed by atoms with E-state index in [1.54, 1.807) is 6.92 Å². The van der Waals surface area contributed by atoms with Gasteiger partial charge in [0.1, 0.15) is 6.10 Å². The van der Waals surface area contributed by atoms with Crippen LogP contribution in [0.1, 0.15) is 126 Å². The van der Waals surface area contributed by atoms with E-state index in [0.29, 0.717) is 10.8 Å². The van der Waals surface area contributed by atoms with Crippen LogP contribution in [0.4, 0.5) is 0 Å². The lowest BCUT2D eigenvalue weighted by molar-refractivity contribution is -0.160. The summed E-state index contributed by atoms with van der Waals surface area (Å²) in [6.45, 7) is 16.8. The summed E-state index contributed by atoms with van der Waals surface area (Å²) in [5.41, 5.74) is 1.06. The summed E-state index contributed by atoms with van der Waals surface area (Å²) in [6.07, 6.45) is 16.6. The number of carbonyl (C=O) groups is 1. The zero-order chi connectivity index (χ0) is 24.0. The Morgan fingerprint density at radius 1 is 0.909 bits per heavy atom. The average Bonchev–Trinajstić information content (AvgIpc) is 3.11. The van der Waals surface area contributed by atoms with E-state index in [2.05, 4.69) is 41.5 Å². The van der Waals surface area contributed by atoms with Crippen molar-refractivity contribution in [1.82, 2.24) is 0 Å². The van der Waals surface area contributed by atoms with E-state index in [9.17, 15) is 4.79 Å². The Hall–Kier alpha value is -0.530. The minimum atomic E-state index is -0.0875. The number of hydrogen-bond acceptors (Lipinski definition) is 2. The first kappa shape index (κ1) is 25.6. The summed E-state index contributed by atoms with van der Waals surface area (Å²) in [6, 6.07) is 0. The zero-order valence-electron chi connectivity index (χ0n) is 23.0. The van der Waals surface area contributed by atoms with Crippen LogP contribution in [-0.2, 0) is 9.53 Å². The van der Waals surface area contributed by atoms with Crippen LogP contribution in [0.3, 0.4) is 0 Å². The van der Waals surface area contributed by atoms with Crippen LogP contribution in [0.2, 0.25) is 0 Å². The fourth-order valence-corrected chi connectivity index (χ4v) is 10.2. The molecule has 10 atom stereocenters. The number of esters is 1. The Morgan fingerprint density at radius 3 is 2.27 bits per heavy atom. The fraction of sp³-hybridized carbons (Fsp3) is 0.968. The summed E-state index contributed by atoms with van der Waals surface area (Å²) in [5, 5.41) is 0. The molecule has 0 saturated heterocycles. The first-order chi connectivity index (χ1) is 15.6. The van der Waals surface area contributed by atoms with Crippen LogP contribution in [0.15, 0.2) is 0 Å². The molecule has 4 aliphatic rings. The van der Waals surface area contributed by atoms with Gasteiger partial charge in [0.15, 0.2) is 0 Å². The van der Waals surface area contributed by atoms with Gasteiger partial charge in [-0.25, -0.2) is 0 Å². The fourth-order valence-electron chi connectivity index (χ4n) is 10.2. The largest absolute Gasteiger partial charge is 0.463 e. The van der Waals surface area contributed by atoms with Gasteiger partial charge in [0.05, 0.1) is 0 Å². The smallest absolute Gasteiger partial charge is 0.302 e. The second-order valence-electron chi connectivity index (χ2n) is 13.9. The number of fused-ring (bicyclic) bond motifs is 5. The number of ether oxygens (including phenoxy) is 1. The van der Waals surface area contributed by atoms with Crippen LogP contribution in [0.25, 0.3) is 0 Å². The van der Waals surface area contributed by atoms with E-state index < -0.39 is 0 Å². The molecule has 190 valence electrons. The maximum atomic E-state index is 11.5. The molecule has 0 spiro atoms. The van der Waals surface area contributed by atoms with Gasteiger partial charge < -0.3 is 4.74 Å². The molecule has 2 unspecified atom stereocenters. The molecule has 0 aliphatic heterocycles. The highest BCUT2D eigenvalue weighted by Gasteiger charge is 2.60. The Balaban J connectivity index is 1.42. The summed E-state index contributed by atoms with van der Waals surface area (Å²) >= 11 is 0. The van der Waals surface area contributed by atoms with Gasteiger partial charge in [-0.3, -0.25) is 4.79 Å². The van der Waals surface area contributed by atoms with Gasteiger partial charge in [0, 0.05) is 6.92 Å². The standard InChI is InChI=1S/C31H54O2/c1-8-23(20(2)3)10-9-21(4)27-13-14-28-26-12-11-24-19-25(33-22(5)32)15-17-30(24,6)29(26)16-18-31(27,28)7/h20-21,23-29H,8-19H2,1-7H3/t21-,23-,24-,25+,26+,27-,28?,29?,30+,31-/m1/s1. The van der Waals surface area contributed by atoms with Gasteiger partial charge in [0.2, 0.25) is 0 Å². The molecular weight excluding hydrogens is 404 g/mol. The summed E-state index contributed by atoms with van der Waals surface area (Å²) in [4.78, 5) is 11.5. The van der Waals surface area contributed by atoms with E-state index in [1.165, 1.54) is 64.2 Å². The molecule has 0 N–H and O–H groups in total. The molecule has 0 amide bonds. The Bertz CT molecular complexity index is 684. The molecule has 2 nitrogen and oxygen atoms in total. The predicted octanol–water partition coefficient (Wildman–Crippen LogP) is 8.68. The van der Waals surface area contributed by atoms with Crippen LogP contribution >= 0.6 is 0 Å². The lowest BCUT2D eigenvalue weighted by atomic mass is 9.44. The molecule has 33 heavy (non-hydrogen) atoms. The van der Waals surface area contributed by atoms with Crippen molar-refractivity contribution >= 4 is 5.97 Å². The van der Waals surface area contributed by atoms with Crippen molar-refractivity contribution in [2.45, 2.75) is 132 Å². The highest BCUT2D eigenvalue weighted by molar-refractivity contribution is 5.66. The molecule has 0 heterocycles. The molecule has 0 bridgehead atoms. The topological polar surface area (TPSA) is 26.3 Å². The van der Waals surface area contributed by atoms with Gasteiger partial charge >= 0.3 is 5.97 Å². The molecule has 0 radical (unpaired) electrons. The minimum absolute atomic E-state index is 0.0875. The van der Waals surface area contributed by atoms with E-state index in [-0.39, 0.29) is 12.1 Å². The Morgan fingerprint density at radius 2 is 1.61 bits per heavy atom. The van der Waals surface area contributed by atoms with Crippen molar-refractivity contribution in [3.8, 4) is 0 Å². The van der Waals surface area contributed by atoms with Crippen molar-refractivity contribution in [2.75, 3.05) is 0 Å². The monoisotopic (exact) mass is 458 g/mol. The molecule has 0 aromatic carbocycles. The van der Waals surface area contributed by atoms with E-state index in [4.69, 9.17) is 4.74 Å². The molecule has 4 rings (SSSR count). The normalized spacial score (nSPS) is 44.5. The Labute approximate surface area is 205 Å². The van der Waals surface area contributed by atoms with Crippen molar-refractivity contribution in [2.24, 2.45) is 58.2 Å². The molecule has 0 aromatic rings. The second-order valence-corrected chi connectivity index (χ2v) is 13.9. The minimum Gasteiger partial charge on any atom is -0.463 e. The molecule has 4 fully saturated rings. The highest BCUT2D eigenvalue weighted by Crippen LogP contribution is 2.68. The highest BCUT2D eigenvalue weighted by atomic mass is 16.5. The molecular formula is C31H54O2. The second kappa shape index (κ2) is 9.85. The van der Waals surface area contributed by atoms with E-state index >= 15 is 0 Å². The average molecular weight is 459 g/mol. The van der Waals surface area contributed by atoms with Crippen LogP contribution < -0.4 is 0 Å². The van der Waals surface area contributed by atoms with Gasteiger partial charge in [-0.05, 0) is 122 Å². The molecule has 2 heteroatoms. The van der Waals surface area contributed by atoms with E-state index in [0.717, 1.165) is 60.2 Å². The summed E-state index contributed by atoms with van der Waals surface area (Å²) in [5.74, 6) is 7.06. The van der Waals surface area contributed by atoms with Crippen molar-refractivity contribution in [3.63, 3.8) is 0 Å². The van der Waals surface area contributed by atoms with Crippen molar-refractivity contribution in [3.05, 3.63) is 0 Å². The third kappa shape index (κ3) is 4.67. The molecule has 4 aliphatic carbocycles. The molecule has 4 saturated carbocycles. The number of hydrogen-bond donors (Lipinski definition) is 0. The maximum absolute atomic E-state index is 11.5. The third-order valence-electron chi connectivity index (χ3n) is 12.2. The van der Waals surface area contributed by atoms with Crippen molar-refractivity contribution in [1.29, 1.82) is 0 Å². The third-order valence-corrected chi connectivity index (χ3v) is 12.2. The van der Waals surface area contributed by atoms with Gasteiger partial charge in [-0.2, -0.15) is 0 Å². The van der Waals surface area contributed by atoms with Gasteiger partial charge in [-0.15, -0.1) is 0 Å². The van der Waals surface area contributed by atoms with Crippen LogP contribution in [-0.4, -0.2) is 12.1 Å². The number of carbonyl (C=O) groups excluding carboxylic acids is 1. The zero-order valence-corrected chi connectivity index (χ0v) is 23.0. The lowest BCUT2D eigenvalue weighted by Crippen LogP contribution is -2.54. The summed E-state index contributed by atoms with van der Waals surface area (Å²) < 4.78 is 5.67. The first-order valence-corrected chi connectivity index (χ1v) is 14.8. The van der Waals surface area contributed by atoms with Gasteiger partial charge in [-0.1, -0.05) is 54.4 Å². The summed E-state index contributed by atoms with van der Waals surface area (Å²) in [7, 11) is 0.